The molecular formula is C16H13F9O4S2. The minimum absolute atomic E-state index is 0.162. The zero-order valence-corrected chi connectivity index (χ0v) is 17.0. The van der Waals surface area contributed by atoms with Crippen LogP contribution < -0.4 is 4.18 Å². The van der Waals surface area contributed by atoms with Gasteiger partial charge in [0.15, 0.2) is 5.75 Å². The van der Waals surface area contributed by atoms with Crippen molar-refractivity contribution in [1.82, 2.24) is 0 Å². The number of fused-ring (bicyclic) bond motifs is 1. The molecule has 2 aromatic rings. The van der Waals surface area contributed by atoms with E-state index in [1.807, 2.05) is 0 Å². The molecule has 2 aromatic carbocycles. The van der Waals surface area contributed by atoms with Crippen LogP contribution in [0.5, 0.6) is 5.75 Å². The summed E-state index contributed by atoms with van der Waals surface area (Å²) < 4.78 is 149. The topological polar surface area (TPSA) is 52.6 Å². The maximum absolute atomic E-state index is 13.8. The van der Waals surface area contributed by atoms with Gasteiger partial charge in [-0.15, -0.1) is 14.2 Å². The second-order valence-electron chi connectivity index (χ2n) is 6.42. The molecule has 0 unspecified atom stereocenters. The van der Waals surface area contributed by atoms with E-state index in [4.69, 9.17) is 4.18 Å². The lowest BCUT2D eigenvalue weighted by Gasteiger charge is -2.38. The van der Waals surface area contributed by atoms with Gasteiger partial charge in [0.25, 0.3) is 0 Å². The molecule has 4 nitrogen and oxygen atoms in total. The van der Waals surface area contributed by atoms with Gasteiger partial charge in [-0.05, 0) is 22.9 Å². The van der Waals surface area contributed by atoms with E-state index in [1.165, 1.54) is 18.2 Å². The fraction of sp³-hybridized carbons (Fsp3) is 0.375. The first kappa shape index (κ1) is 25.4. The number of rotatable bonds is 7. The second-order valence-corrected chi connectivity index (χ2v) is 10.8. The standard InChI is InChI=1S/C16H13F9O4S2/c1-30(2,28-12-8-7-10-5-3-4-6-11(10)9-12)29-31(26,27)16(24,25)14(19,20)13(17,18)15(21,22)23/h3-9H,1-2H3. The number of alkyl halides is 9. The third kappa shape index (κ3) is 4.53. The highest BCUT2D eigenvalue weighted by Gasteiger charge is 2.86. The van der Waals surface area contributed by atoms with Crippen molar-refractivity contribution in [3.8, 4) is 5.75 Å². The van der Waals surface area contributed by atoms with Crippen LogP contribution in [0.15, 0.2) is 42.5 Å². The van der Waals surface area contributed by atoms with Crippen LogP contribution in [0.4, 0.5) is 39.5 Å². The normalized spacial score (nSPS) is 15.2. The Bertz CT molecular complexity index is 1070. The van der Waals surface area contributed by atoms with E-state index in [0.29, 0.717) is 10.8 Å². The van der Waals surface area contributed by atoms with Crippen LogP contribution >= 0.6 is 10.6 Å². The molecule has 0 aliphatic rings. The van der Waals surface area contributed by atoms with Crippen molar-refractivity contribution in [2.45, 2.75) is 23.3 Å². The minimum Gasteiger partial charge on any atom is -0.391 e. The van der Waals surface area contributed by atoms with Gasteiger partial charge in [0.2, 0.25) is 0 Å². The molecule has 0 aromatic heterocycles. The Kier molecular flexibility index (Phi) is 6.24. The quantitative estimate of drug-likeness (QED) is 0.442. The number of benzene rings is 2. The molecule has 0 radical (unpaired) electrons. The van der Waals surface area contributed by atoms with E-state index in [9.17, 15) is 47.9 Å². The molecule has 2 rings (SSSR count). The van der Waals surface area contributed by atoms with Gasteiger partial charge < -0.3 is 4.18 Å². The summed E-state index contributed by atoms with van der Waals surface area (Å²) in [7, 11) is -10.7. The van der Waals surface area contributed by atoms with Crippen molar-refractivity contribution < 1.29 is 55.7 Å². The van der Waals surface area contributed by atoms with Crippen molar-refractivity contribution in [3.05, 3.63) is 42.5 Å². The van der Waals surface area contributed by atoms with E-state index in [0.717, 1.165) is 12.5 Å². The Balaban J connectivity index is 2.35. The third-order valence-corrected chi connectivity index (χ3v) is 7.21. The van der Waals surface area contributed by atoms with E-state index < -0.39 is 44.0 Å². The lowest BCUT2D eigenvalue weighted by molar-refractivity contribution is -0.382. The molecule has 0 fully saturated rings. The van der Waals surface area contributed by atoms with Gasteiger partial charge in [-0.1, -0.05) is 30.3 Å². The molecule has 0 aliphatic carbocycles. The highest BCUT2D eigenvalue weighted by atomic mass is 32.3. The summed E-state index contributed by atoms with van der Waals surface area (Å²) in [6.45, 7) is 0. The highest BCUT2D eigenvalue weighted by Crippen LogP contribution is 2.57. The number of hydrogen-bond acceptors (Lipinski definition) is 4. The fourth-order valence-electron chi connectivity index (χ4n) is 2.24. The summed E-state index contributed by atoms with van der Waals surface area (Å²) in [5.41, 5.74) is 0. The Morgan fingerprint density at radius 3 is 1.77 bits per heavy atom. The molecule has 0 atom stereocenters. The van der Waals surface area contributed by atoms with Crippen molar-refractivity contribution in [3.63, 3.8) is 0 Å². The van der Waals surface area contributed by atoms with Crippen LogP contribution in [0.2, 0.25) is 0 Å². The lowest BCUT2D eigenvalue weighted by atomic mass is 10.1. The molecule has 0 aliphatic heterocycles. The molecular weight excluding hydrogens is 491 g/mol. The molecule has 0 heterocycles. The first-order valence-corrected chi connectivity index (χ1v) is 11.5. The first-order chi connectivity index (χ1) is 13.8. The van der Waals surface area contributed by atoms with E-state index >= 15 is 0 Å². The summed E-state index contributed by atoms with van der Waals surface area (Å²) in [4.78, 5) is 0. The van der Waals surface area contributed by atoms with Crippen LogP contribution in [-0.4, -0.2) is 44.2 Å². The van der Waals surface area contributed by atoms with Gasteiger partial charge in [0, 0.05) is 12.5 Å². The monoisotopic (exact) mass is 504 g/mol. The maximum atomic E-state index is 13.8. The van der Waals surface area contributed by atoms with Gasteiger partial charge in [-0.3, -0.25) is 0 Å². The predicted molar refractivity (Wildman–Crippen MR) is 94.9 cm³/mol. The molecule has 0 amide bonds. The minimum atomic E-state index is -7.38. The second kappa shape index (κ2) is 7.62. The summed E-state index contributed by atoms with van der Waals surface area (Å²) in [5, 5.41) is -5.72. The van der Waals surface area contributed by atoms with Crippen LogP contribution in [-0.2, 0) is 13.7 Å². The SMILES string of the molecule is CS(C)(Oc1ccc2ccccc2c1)OS(=O)(=O)C(F)(F)C(F)(F)C(F)(F)C(F)(F)F. The van der Waals surface area contributed by atoms with Gasteiger partial charge in [-0.25, -0.2) is 0 Å². The summed E-state index contributed by atoms with van der Waals surface area (Å²) >= 11 is 0. The Hall–Kier alpha value is -1.87. The zero-order valence-electron chi connectivity index (χ0n) is 15.4. The van der Waals surface area contributed by atoms with Gasteiger partial charge in [0.1, 0.15) is 0 Å². The Morgan fingerprint density at radius 1 is 0.742 bits per heavy atom. The predicted octanol–water partition coefficient (Wildman–Crippen LogP) is 5.88. The summed E-state index contributed by atoms with van der Waals surface area (Å²) in [5.74, 6) is -14.9. The van der Waals surface area contributed by atoms with Crippen molar-refractivity contribution in [1.29, 1.82) is 0 Å². The highest BCUT2D eigenvalue weighted by molar-refractivity contribution is 8.28. The van der Waals surface area contributed by atoms with Gasteiger partial charge in [-0.2, -0.15) is 47.9 Å². The van der Waals surface area contributed by atoms with Crippen molar-refractivity contribution in [2.75, 3.05) is 12.5 Å². The molecule has 0 N–H and O–H groups in total. The lowest BCUT2D eigenvalue weighted by Crippen LogP contribution is -2.63. The molecule has 15 heteroatoms. The van der Waals surface area contributed by atoms with E-state index in [-0.39, 0.29) is 5.75 Å². The zero-order chi connectivity index (χ0) is 24.1. The third-order valence-electron chi connectivity index (χ3n) is 3.70. The summed E-state index contributed by atoms with van der Waals surface area (Å²) in [6, 6.07) is 10.6. The van der Waals surface area contributed by atoms with Crippen LogP contribution in [0.25, 0.3) is 10.8 Å². The molecule has 0 saturated heterocycles. The van der Waals surface area contributed by atoms with Crippen LogP contribution in [0.1, 0.15) is 0 Å². The molecule has 0 saturated carbocycles. The van der Waals surface area contributed by atoms with Crippen LogP contribution in [0, 0.1) is 0 Å². The Labute approximate surface area is 171 Å². The maximum Gasteiger partial charge on any atom is 0.460 e. The number of halogens is 9. The largest absolute Gasteiger partial charge is 0.460 e. The van der Waals surface area contributed by atoms with Gasteiger partial charge in [0.05, 0.1) is 0 Å². The molecule has 176 valence electrons. The number of hydrogen-bond donors (Lipinski definition) is 0. The average Bonchev–Trinajstić information content (AvgIpc) is 2.58. The van der Waals surface area contributed by atoms with Crippen LogP contribution in [0.3, 0.4) is 0 Å². The van der Waals surface area contributed by atoms with Gasteiger partial charge >= 0.3 is 33.4 Å². The van der Waals surface area contributed by atoms with Crippen molar-refractivity contribution >= 4 is 31.5 Å². The molecule has 0 spiro atoms. The van der Waals surface area contributed by atoms with Crippen molar-refractivity contribution in [2.24, 2.45) is 0 Å². The van der Waals surface area contributed by atoms with E-state index in [2.05, 4.69) is 3.63 Å². The fourth-order valence-corrected chi connectivity index (χ4v) is 5.43. The first-order valence-electron chi connectivity index (χ1n) is 7.82. The Morgan fingerprint density at radius 2 is 1.26 bits per heavy atom. The molecule has 0 bridgehead atoms. The molecule has 31 heavy (non-hydrogen) atoms. The van der Waals surface area contributed by atoms with E-state index in [1.54, 1.807) is 24.3 Å². The summed E-state index contributed by atoms with van der Waals surface area (Å²) in [6.07, 6.45) is -5.70. The smallest absolute Gasteiger partial charge is 0.391 e. The average molecular weight is 504 g/mol.